The van der Waals surface area contributed by atoms with Gasteiger partial charge in [-0.05, 0) is 33.6 Å². The molecule has 0 aliphatic carbocycles. The highest BCUT2D eigenvalue weighted by molar-refractivity contribution is 5.68. The highest BCUT2D eigenvalue weighted by atomic mass is 16.6. The van der Waals surface area contributed by atoms with Gasteiger partial charge in [0, 0.05) is 6.61 Å². The number of hydrogen-bond donors (Lipinski definition) is 2. The van der Waals surface area contributed by atoms with Crippen molar-refractivity contribution < 1.29 is 19.4 Å². The van der Waals surface area contributed by atoms with Gasteiger partial charge in [0.2, 0.25) is 0 Å². The van der Waals surface area contributed by atoms with E-state index in [1.54, 1.807) is 20.8 Å². The van der Waals surface area contributed by atoms with Gasteiger partial charge < -0.3 is 19.9 Å². The van der Waals surface area contributed by atoms with Gasteiger partial charge in [-0.2, -0.15) is 0 Å². The van der Waals surface area contributed by atoms with E-state index in [9.17, 15) is 9.90 Å². The number of amides is 1. The van der Waals surface area contributed by atoms with Crippen molar-refractivity contribution in [3.05, 3.63) is 0 Å². The second-order valence-corrected chi connectivity index (χ2v) is 5.22. The Labute approximate surface area is 96.1 Å². The lowest BCUT2D eigenvalue weighted by Gasteiger charge is -2.36. The zero-order chi connectivity index (χ0) is 12.2. The minimum Gasteiger partial charge on any atom is -0.444 e. The van der Waals surface area contributed by atoms with Crippen LogP contribution in [0.15, 0.2) is 0 Å². The number of rotatable bonds is 2. The summed E-state index contributed by atoms with van der Waals surface area (Å²) >= 11 is 0. The maximum Gasteiger partial charge on any atom is 0.408 e. The summed E-state index contributed by atoms with van der Waals surface area (Å²) in [5.74, 6) is 0. The van der Waals surface area contributed by atoms with E-state index in [0.29, 0.717) is 19.6 Å². The summed E-state index contributed by atoms with van der Waals surface area (Å²) in [5, 5.41) is 12.0. The molecule has 16 heavy (non-hydrogen) atoms. The van der Waals surface area contributed by atoms with E-state index in [1.165, 1.54) is 0 Å². The van der Waals surface area contributed by atoms with Crippen LogP contribution in [0.2, 0.25) is 0 Å². The summed E-state index contributed by atoms with van der Waals surface area (Å²) in [6, 6.07) is 0. The van der Waals surface area contributed by atoms with Crippen LogP contribution in [-0.4, -0.2) is 42.2 Å². The second kappa shape index (κ2) is 5.01. The molecule has 0 spiro atoms. The third kappa shape index (κ3) is 3.98. The first-order valence-corrected chi connectivity index (χ1v) is 5.57. The molecule has 0 aromatic carbocycles. The molecule has 5 nitrogen and oxygen atoms in total. The van der Waals surface area contributed by atoms with Gasteiger partial charge in [0.1, 0.15) is 5.60 Å². The van der Waals surface area contributed by atoms with Crippen molar-refractivity contribution in [3.63, 3.8) is 0 Å². The highest BCUT2D eigenvalue weighted by Gasteiger charge is 2.35. The Morgan fingerprint density at radius 3 is 2.69 bits per heavy atom. The quantitative estimate of drug-likeness (QED) is 0.745. The van der Waals surface area contributed by atoms with E-state index in [0.717, 1.165) is 6.42 Å². The maximum atomic E-state index is 11.6. The second-order valence-electron chi connectivity index (χ2n) is 5.22. The number of carbonyl (C=O) groups excluding carboxylic acids is 1. The van der Waals surface area contributed by atoms with Gasteiger partial charge in [-0.1, -0.05) is 0 Å². The van der Waals surface area contributed by atoms with Crippen LogP contribution in [0, 0.1) is 0 Å². The average molecular weight is 231 g/mol. The predicted octanol–water partition coefficient (Wildman–Crippen LogP) is 1.05. The molecule has 0 aromatic heterocycles. The van der Waals surface area contributed by atoms with E-state index in [4.69, 9.17) is 9.47 Å². The van der Waals surface area contributed by atoms with E-state index < -0.39 is 17.2 Å². The van der Waals surface area contributed by atoms with Crippen LogP contribution in [-0.2, 0) is 9.47 Å². The Morgan fingerprint density at radius 2 is 2.25 bits per heavy atom. The molecule has 0 saturated carbocycles. The Balaban J connectivity index is 2.52. The molecular weight excluding hydrogens is 210 g/mol. The monoisotopic (exact) mass is 231 g/mol. The summed E-state index contributed by atoms with van der Waals surface area (Å²) in [5.41, 5.74) is -1.21. The van der Waals surface area contributed by atoms with Gasteiger partial charge in [0.05, 0.1) is 18.8 Å². The van der Waals surface area contributed by atoms with Gasteiger partial charge in [0.25, 0.3) is 0 Å². The lowest BCUT2D eigenvalue weighted by molar-refractivity contribution is -0.0168. The summed E-state index contributed by atoms with van der Waals surface area (Å²) in [4.78, 5) is 11.6. The Hall–Kier alpha value is -0.810. The molecule has 0 radical (unpaired) electrons. The number of alkyl carbamates (subject to hydrolysis) is 1. The Bertz CT molecular complexity index is 241. The summed E-state index contributed by atoms with van der Waals surface area (Å²) in [6.07, 6.45) is 1.03. The zero-order valence-electron chi connectivity index (χ0n) is 10.2. The third-order valence-electron chi connectivity index (χ3n) is 2.39. The van der Waals surface area contributed by atoms with Crippen LogP contribution in [0.25, 0.3) is 0 Å². The first kappa shape index (κ1) is 13.3. The molecule has 5 heteroatoms. The van der Waals surface area contributed by atoms with Gasteiger partial charge in [0.15, 0.2) is 0 Å². The number of aliphatic hydroxyl groups is 1. The molecule has 1 atom stereocenters. The highest BCUT2D eigenvalue weighted by Crippen LogP contribution is 2.19. The third-order valence-corrected chi connectivity index (χ3v) is 2.39. The molecule has 1 saturated heterocycles. The number of aliphatic hydroxyl groups excluding tert-OH is 1. The summed E-state index contributed by atoms with van der Waals surface area (Å²) in [7, 11) is 0. The SMILES string of the molecule is CC(C)(C)OC(=O)NC1(CO)CCCOC1. The topological polar surface area (TPSA) is 67.8 Å². The number of nitrogens with one attached hydrogen (secondary N) is 1. The van der Waals surface area contributed by atoms with Crippen LogP contribution < -0.4 is 5.32 Å². The van der Waals surface area contributed by atoms with E-state index in [2.05, 4.69) is 5.32 Å². The minimum atomic E-state index is -0.680. The number of ether oxygens (including phenoxy) is 2. The molecule has 1 heterocycles. The van der Waals surface area contributed by atoms with Crippen LogP contribution >= 0.6 is 0 Å². The molecule has 1 amide bonds. The number of hydrogen-bond acceptors (Lipinski definition) is 4. The van der Waals surface area contributed by atoms with Crippen LogP contribution in [0.5, 0.6) is 0 Å². The molecule has 1 fully saturated rings. The van der Waals surface area contributed by atoms with Crippen molar-refractivity contribution in [1.82, 2.24) is 5.32 Å². The van der Waals surface area contributed by atoms with Crippen molar-refractivity contribution in [2.45, 2.75) is 44.8 Å². The van der Waals surface area contributed by atoms with E-state index in [-0.39, 0.29) is 6.61 Å². The Morgan fingerprint density at radius 1 is 1.56 bits per heavy atom. The number of carbonyl (C=O) groups is 1. The van der Waals surface area contributed by atoms with E-state index in [1.807, 2.05) is 0 Å². The fourth-order valence-electron chi connectivity index (χ4n) is 1.64. The molecular formula is C11H21NO4. The largest absolute Gasteiger partial charge is 0.444 e. The van der Waals surface area contributed by atoms with Gasteiger partial charge in [-0.3, -0.25) is 0 Å². The predicted molar refractivity (Wildman–Crippen MR) is 59.2 cm³/mol. The van der Waals surface area contributed by atoms with Crippen LogP contribution in [0.4, 0.5) is 4.79 Å². The van der Waals surface area contributed by atoms with Crippen LogP contribution in [0.3, 0.4) is 0 Å². The molecule has 2 N–H and O–H groups in total. The average Bonchev–Trinajstić information content (AvgIpc) is 2.16. The Kier molecular flexibility index (Phi) is 4.15. The fraction of sp³-hybridized carbons (Fsp3) is 0.909. The maximum absolute atomic E-state index is 11.6. The molecule has 1 unspecified atom stereocenters. The van der Waals surface area contributed by atoms with Crippen molar-refractivity contribution in [3.8, 4) is 0 Å². The zero-order valence-corrected chi connectivity index (χ0v) is 10.2. The smallest absolute Gasteiger partial charge is 0.408 e. The molecule has 1 aliphatic heterocycles. The lowest BCUT2D eigenvalue weighted by atomic mass is 9.94. The molecule has 0 bridgehead atoms. The summed E-state index contributed by atoms with van der Waals surface area (Å²) in [6.45, 7) is 6.29. The van der Waals surface area contributed by atoms with Crippen molar-refractivity contribution in [2.24, 2.45) is 0 Å². The fourth-order valence-corrected chi connectivity index (χ4v) is 1.64. The lowest BCUT2D eigenvalue weighted by Crippen LogP contribution is -2.57. The molecule has 0 aromatic rings. The van der Waals surface area contributed by atoms with Crippen molar-refractivity contribution >= 4 is 6.09 Å². The molecule has 1 rings (SSSR count). The standard InChI is InChI=1S/C11H21NO4/c1-10(2,3)16-9(14)12-11(7-13)5-4-6-15-8-11/h13H,4-8H2,1-3H3,(H,12,14). The first-order valence-electron chi connectivity index (χ1n) is 5.57. The minimum absolute atomic E-state index is 0.133. The van der Waals surface area contributed by atoms with E-state index >= 15 is 0 Å². The van der Waals surface area contributed by atoms with Crippen LogP contribution in [0.1, 0.15) is 33.6 Å². The van der Waals surface area contributed by atoms with Crippen molar-refractivity contribution in [1.29, 1.82) is 0 Å². The molecule has 1 aliphatic rings. The van der Waals surface area contributed by atoms with Gasteiger partial charge in [-0.25, -0.2) is 4.79 Å². The first-order chi connectivity index (χ1) is 7.37. The normalized spacial score (nSPS) is 26.2. The van der Waals surface area contributed by atoms with Crippen molar-refractivity contribution in [2.75, 3.05) is 19.8 Å². The van der Waals surface area contributed by atoms with Gasteiger partial charge in [-0.15, -0.1) is 0 Å². The van der Waals surface area contributed by atoms with Gasteiger partial charge >= 0.3 is 6.09 Å². The summed E-state index contributed by atoms with van der Waals surface area (Å²) < 4.78 is 10.4. The molecule has 94 valence electrons.